The minimum absolute atomic E-state index is 0.0255. The molecule has 0 atom stereocenters. The second kappa shape index (κ2) is 7.77. The van der Waals surface area contributed by atoms with E-state index in [4.69, 9.17) is 5.11 Å². The first-order valence-electron chi connectivity index (χ1n) is 8.38. The Balaban J connectivity index is 1.68. The Morgan fingerprint density at radius 2 is 2.08 bits per heavy atom. The number of carbonyl (C=O) groups is 2. The molecule has 25 heavy (non-hydrogen) atoms. The molecule has 1 aromatic carbocycles. The number of rotatable bonds is 7. The summed E-state index contributed by atoms with van der Waals surface area (Å²) in [5, 5.41) is 11.3. The Morgan fingerprint density at radius 1 is 1.32 bits per heavy atom. The molecule has 1 aliphatic rings. The normalized spacial score (nSPS) is 14.9. The molecule has 0 aliphatic heterocycles. The zero-order chi connectivity index (χ0) is 17.8. The van der Waals surface area contributed by atoms with Crippen LogP contribution in [0.25, 0.3) is 11.0 Å². The van der Waals surface area contributed by atoms with Gasteiger partial charge in [-0.3, -0.25) is 14.2 Å². The number of fused-ring (bicyclic) bond motifs is 1. The summed E-state index contributed by atoms with van der Waals surface area (Å²) in [7, 11) is 0. The number of H-pyrrole nitrogens is 1. The van der Waals surface area contributed by atoms with Gasteiger partial charge in [-0.25, -0.2) is 4.79 Å². The Morgan fingerprint density at radius 3 is 2.80 bits per heavy atom. The van der Waals surface area contributed by atoms with E-state index >= 15 is 0 Å². The molecule has 8 heteroatoms. The summed E-state index contributed by atoms with van der Waals surface area (Å²) in [6.45, 7) is 0.397. The average molecular weight is 363 g/mol. The molecular formula is C17H21N3O4S. The smallest absolute Gasteiger partial charge is 0.326 e. The minimum Gasteiger partial charge on any atom is -0.481 e. The molecule has 1 amide bonds. The molecule has 1 heterocycles. The van der Waals surface area contributed by atoms with Crippen LogP contribution in [0.4, 0.5) is 0 Å². The maximum absolute atomic E-state index is 12.3. The predicted octanol–water partition coefficient (Wildman–Crippen LogP) is 1.99. The lowest BCUT2D eigenvalue weighted by molar-refractivity contribution is -0.133. The molecular weight excluding hydrogens is 342 g/mol. The van der Waals surface area contributed by atoms with Crippen LogP contribution in [0.3, 0.4) is 0 Å². The number of nitrogens with one attached hydrogen (secondary N) is 2. The molecule has 1 aliphatic carbocycles. The maximum Gasteiger partial charge on any atom is 0.326 e. The number of benzene rings is 1. The van der Waals surface area contributed by atoms with Crippen LogP contribution in [-0.2, 0) is 4.79 Å². The van der Waals surface area contributed by atoms with Gasteiger partial charge in [0.2, 0.25) is 0 Å². The van der Waals surface area contributed by atoms with Crippen molar-refractivity contribution in [3.63, 3.8) is 0 Å². The number of aromatic nitrogens is 2. The van der Waals surface area contributed by atoms with Gasteiger partial charge < -0.3 is 15.4 Å². The molecule has 0 radical (unpaired) electrons. The molecule has 1 saturated carbocycles. The molecule has 1 aromatic heterocycles. The zero-order valence-corrected chi connectivity index (χ0v) is 14.6. The third-order valence-corrected chi connectivity index (χ3v) is 5.37. The SMILES string of the molecule is O=C(O)CSCCNC(=O)c1ccc2c(c1)[nH]c(=O)n2C1CCCC1. The van der Waals surface area contributed by atoms with Crippen LogP contribution < -0.4 is 11.0 Å². The molecule has 0 saturated heterocycles. The van der Waals surface area contributed by atoms with Crippen LogP contribution in [0.2, 0.25) is 0 Å². The lowest BCUT2D eigenvalue weighted by Crippen LogP contribution is -2.26. The Hall–Kier alpha value is -2.22. The summed E-state index contributed by atoms with van der Waals surface area (Å²) < 4.78 is 1.81. The summed E-state index contributed by atoms with van der Waals surface area (Å²) in [6, 6.07) is 5.48. The van der Waals surface area contributed by atoms with E-state index < -0.39 is 5.97 Å². The van der Waals surface area contributed by atoms with Gasteiger partial charge in [-0.05, 0) is 31.0 Å². The predicted molar refractivity (Wildman–Crippen MR) is 97.4 cm³/mol. The van der Waals surface area contributed by atoms with Crippen LogP contribution in [0.15, 0.2) is 23.0 Å². The molecule has 2 aromatic rings. The first-order chi connectivity index (χ1) is 12.1. The highest BCUT2D eigenvalue weighted by Gasteiger charge is 2.21. The fourth-order valence-electron chi connectivity index (χ4n) is 3.30. The van der Waals surface area contributed by atoms with Crippen molar-refractivity contribution in [1.82, 2.24) is 14.9 Å². The summed E-state index contributed by atoms with van der Waals surface area (Å²) in [4.78, 5) is 37.7. The molecule has 3 N–H and O–H groups in total. The van der Waals surface area contributed by atoms with Crippen LogP contribution in [0.1, 0.15) is 42.1 Å². The van der Waals surface area contributed by atoms with E-state index in [-0.39, 0.29) is 23.4 Å². The third-order valence-electron chi connectivity index (χ3n) is 4.43. The van der Waals surface area contributed by atoms with Crippen LogP contribution in [0, 0.1) is 0 Å². The highest BCUT2D eigenvalue weighted by Crippen LogP contribution is 2.30. The average Bonchev–Trinajstić information content (AvgIpc) is 3.19. The lowest BCUT2D eigenvalue weighted by Gasteiger charge is -2.11. The summed E-state index contributed by atoms with van der Waals surface area (Å²) >= 11 is 1.26. The van der Waals surface area contributed by atoms with E-state index in [1.54, 1.807) is 12.1 Å². The number of carbonyl (C=O) groups excluding carboxylic acids is 1. The van der Waals surface area contributed by atoms with Crippen molar-refractivity contribution in [2.75, 3.05) is 18.1 Å². The van der Waals surface area contributed by atoms with E-state index in [1.165, 1.54) is 11.8 Å². The summed E-state index contributed by atoms with van der Waals surface area (Å²) in [5.41, 5.74) is 1.87. The molecule has 0 bridgehead atoms. The number of hydrogen-bond donors (Lipinski definition) is 3. The fourth-order valence-corrected chi connectivity index (χ4v) is 3.86. The quantitative estimate of drug-likeness (QED) is 0.653. The zero-order valence-electron chi connectivity index (χ0n) is 13.8. The van der Waals surface area contributed by atoms with Crippen LogP contribution in [0.5, 0.6) is 0 Å². The largest absolute Gasteiger partial charge is 0.481 e. The molecule has 0 spiro atoms. The van der Waals surface area contributed by atoms with Gasteiger partial charge in [0.05, 0.1) is 16.8 Å². The van der Waals surface area contributed by atoms with E-state index in [1.807, 2.05) is 10.6 Å². The molecule has 0 unspecified atom stereocenters. The molecule has 7 nitrogen and oxygen atoms in total. The van der Waals surface area contributed by atoms with Gasteiger partial charge in [-0.15, -0.1) is 11.8 Å². The first-order valence-corrected chi connectivity index (χ1v) is 9.54. The van der Waals surface area contributed by atoms with Gasteiger partial charge in [0, 0.05) is 23.9 Å². The van der Waals surface area contributed by atoms with Gasteiger partial charge in [-0.1, -0.05) is 12.8 Å². The highest BCUT2D eigenvalue weighted by molar-refractivity contribution is 7.99. The monoisotopic (exact) mass is 363 g/mol. The van der Waals surface area contributed by atoms with Gasteiger partial charge in [0.25, 0.3) is 5.91 Å². The molecule has 3 rings (SSSR count). The number of hydrogen-bond acceptors (Lipinski definition) is 4. The van der Waals surface area contributed by atoms with Gasteiger partial charge in [0.15, 0.2) is 0 Å². The van der Waals surface area contributed by atoms with Gasteiger partial charge >= 0.3 is 11.7 Å². The van der Waals surface area contributed by atoms with Crippen molar-refractivity contribution in [3.05, 3.63) is 34.2 Å². The summed E-state index contributed by atoms with van der Waals surface area (Å²) in [5.74, 6) is -0.530. The van der Waals surface area contributed by atoms with Crippen molar-refractivity contribution in [3.8, 4) is 0 Å². The molecule has 134 valence electrons. The van der Waals surface area contributed by atoms with Crippen LogP contribution >= 0.6 is 11.8 Å². The van der Waals surface area contributed by atoms with Gasteiger partial charge in [0.1, 0.15) is 0 Å². The van der Waals surface area contributed by atoms with Crippen molar-refractivity contribution >= 4 is 34.7 Å². The second-order valence-electron chi connectivity index (χ2n) is 6.17. The second-order valence-corrected chi connectivity index (χ2v) is 7.28. The lowest BCUT2D eigenvalue weighted by atomic mass is 10.1. The van der Waals surface area contributed by atoms with E-state index in [2.05, 4.69) is 10.3 Å². The number of imidazole rings is 1. The molecule has 1 fully saturated rings. The van der Waals surface area contributed by atoms with E-state index in [0.717, 1.165) is 31.2 Å². The number of amides is 1. The Labute approximate surface area is 148 Å². The number of aliphatic carboxylic acids is 1. The van der Waals surface area contributed by atoms with E-state index in [9.17, 15) is 14.4 Å². The Kier molecular flexibility index (Phi) is 5.47. The van der Waals surface area contributed by atoms with Crippen LogP contribution in [-0.4, -0.2) is 44.6 Å². The standard InChI is InChI=1S/C17H21N3O4S/c21-15(22)10-25-8-7-18-16(23)11-5-6-14-13(9-11)19-17(24)20(14)12-3-1-2-4-12/h5-6,9,12H,1-4,7-8,10H2,(H,18,23)(H,19,24)(H,21,22). The number of carboxylic acid groups (broad SMARTS) is 1. The van der Waals surface area contributed by atoms with Crippen molar-refractivity contribution < 1.29 is 14.7 Å². The maximum atomic E-state index is 12.3. The van der Waals surface area contributed by atoms with Crippen molar-refractivity contribution in [2.24, 2.45) is 0 Å². The van der Waals surface area contributed by atoms with E-state index in [0.29, 0.717) is 23.4 Å². The minimum atomic E-state index is -0.863. The first kappa shape index (κ1) is 17.6. The number of thioether (sulfide) groups is 1. The topological polar surface area (TPSA) is 104 Å². The van der Waals surface area contributed by atoms with Crippen molar-refractivity contribution in [2.45, 2.75) is 31.7 Å². The van der Waals surface area contributed by atoms with Gasteiger partial charge in [-0.2, -0.15) is 0 Å². The Bertz CT molecular complexity index is 836. The highest BCUT2D eigenvalue weighted by atomic mass is 32.2. The fraction of sp³-hybridized carbons (Fsp3) is 0.471. The van der Waals surface area contributed by atoms with Crippen molar-refractivity contribution in [1.29, 1.82) is 0 Å². The number of nitrogens with zero attached hydrogens (tertiary/aromatic N) is 1. The number of aromatic amines is 1. The third kappa shape index (κ3) is 4.07. The summed E-state index contributed by atoms with van der Waals surface area (Å²) in [6.07, 6.45) is 4.32. The number of carboxylic acids is 1.